The van der Waals surface area contributed by atoms with Crippen LogP contribution in [0.25, 0.3) is 0 Å². The van der Waals surface area contributed by atoms with Crippen molar-refractivity contribution in [2.24, 2.45) is 0 Å². The van der Waals surface area contributed by atoms with Gasteiger partial charge in [-0.3, -0.25) is 10.1 Å². The summed E-state index contributed by atoms with van der Waals surface area (Å²) in [5, 5.41) is 11.6. The third kappa shape index (κ3) is 2.80. The minimum Gasteiger partial charge on any atom is -0.460 e. The lowest BCUT2D eigenvalue weighted by Crippen LogP contribution is -2.38. The highest BCUT2D eigenvalue weighted by Crippen LogP contribution is 1.99. The van der Waals surface area contributed by atoms with Crippen molar-refractivity contribution in [1.29, 1.82) is 0 Å². The van der Waals surface area contributed by atoms with Gasteiger partial charge in [0, 0.05) is 0 Å². The average Bonchev–Trinajstić information content (AvgIpc) is 1.99. The normalized spacial score (nSPS) is 15.9. The molecule has 0 fully saturated rings. The number of hydrogen-bond donors (Lipinski definition) is 2. The van der Waals surface area contributed by atoms with E-state index in [0.717, 1.165) is 0 Å². The van der Waals surface area contributed by atoms with Crippen LogP contribution in [-0.4, -0.2) is 31.0 Å². The number of carbonyl (C=O) groups is 1. The molecule has 0 aromatic carbocycles. The summed E-state index contributed by atoms with van der Waals surface area (Å²) in [7, 11) is 1.60. The van der Waals surface area contributed by atoms with Crippen molar-refractivity contribution in [3.63, 3.8) is 0 Å². The van der Waals surface area contributed by atoms with Crippen molar-refractivity contribution in [3.8, 4) is 0 Å². The van der Waals surface area contributed by atoms with Crippen molar-refractivity contribution in [1.82, 2.24) is 5.32 Å². The Morgan fingerprint density at radius 1 is 1.80 bits per heavy atom. The van der Waals surface area contributed by atoms with Crippen LogP contribution in [0.4, 0.5) is 0 Å². The maximum Gasteiger partial charge on any atom is 0.293 e. The first-order chi connectivity index (χ1) is 4.76. The molecule has 0 saturated heterocycles. The molecule has 0 rings (SSSR count). The number of rotatable bonds is 5. The molecule has 0 aromatic rings. The molecule has 2 N–H and O–H groups in total. The molecule has 0 heterocycles. The highest BCUT2D eigenvalue weighted by Gasteiger charge is 2.15. The highest BCUT2D eigenvalue weighted by atomic mass is 16.5. The van der Waals surface area contributed by atoms with E-state index in [0.29, 0.717) is 12.9 Å². The number of carbonyl (C=O) groups excluding carboxylic acids is 1. The molecule has 0 bridgehead atoms. The van der Waals surface area contributed by atoms with Crippen molar-refractivity contribution in [2.75, 3.05) is 7.05 Å². The van der Waals surface area contributed by atoms with Gasteiger partial charge in [0.1, 0.15) is 12.3 Å². The van der Waals surface area contributed by atoms with Gasteiger partial charge in [0.15, 0.2) is 0 Å². The zero-order valence-electron chi connectivity index (χ0n) is 6.20. The zero-order chi connectivity index (χ0) is 7.98. The molecule has 4 nitrogen and oxygen atoms in total. The Balaban J connectivity index is 3.67. The fourth-order valence-corrected chi connectivity index (χ4v) is 0.651. The monoisotopic (exact) mass is 147 g/mol. The minimum atomic E-state index is -0.768. The standard InChI is InChI=1S/C6H13NO3/c1-3-5(10-4-8)6(9)7-2/h4-7,9H,3H2,1-2H3. The second kappa shape index (κ2) is 5.20. The van der Waals surface area contributed by atoms with Crippen LogP contribution in [0.2, 0.25) is 0 Å². The predicted octanol–water partition coefficient (Wildman–Crippen LogP) is -0.524. The van der Waals surface area contributed by atoms with E-state index in [1.54, 1.807) is 7.05 Å². The summed E-state index contributed by atoms with van der Waals surface area (Å²) in [4.78, 5) is 9.83. The van der Waals surface area contributed by atoms with E-state index >= 15 is 0 Å². The van der Waals surface area contributed by atoms with E-state index in [-0.39, 0.29) is 0 Å². The van der Waals surface area contributed by atoms with Crippen LogP contribution in [0.1, 0.15) is 13.3 Å². The van der Waals surface area contributed by atoms with E-state index in [2.05, 4.69) is 10.1 Å². The van der Waals surface area contributed by atoms with Gasteiger partial charge in [-0.2, -0.15) is 0 Å². The van der Waals surface area contributed by atoms with Crippen LogP contribution in [0.5, 0.6) is 0 Å². The maximum absolute atomic E-state index is 9.83. The Morgan fingerprint density at radius 2 is 2.40 bits per heavy atom. The number of aliphatic hydroxyl groups excluding tert-OH is 1. The van der Waals surface area contributed by atoms with Gasteiger partial charge in [0.2, 0.25) is 0 Å². The van der Waals surface area contributed by atoms with Crippen molar-refractivity contribution >= 4 is 6.47 Å². The molecule has 10 heavy (non-hydrogen) atoms. The van der Waals surface area contributed by atoms with Crippen molar-refractivity contribution < 1.29 is 14.6 Å². The number of ether oxygens (including phenoxy) is 1. The van der Waals surface area contributed by atoms with Crippen LogP contribution < -0.4 is 5.32 Å². The summed E-state index contributed by atoms with van der Waals surface area (Å²) in [6.07, 6.45) is -0.613. The van der Waals surface area contributed by atoms with Gasteiger partial charge in [-0.1, -0.05) is 6.92 Å². The molecule has 0 saturated carbocycles. The van der Waals surface area contributed by atoms with Crippen LogP contribution in [0, 0.1) is 0 Å². The highest BCUT2D eigenvalue weighted by molar-refractivity contribution is 5.37. The molecule has 0 aliphatic carbocycles. The van der Waals surface area contributed by atoms with E-state index in [1.165, 1.54) is 0 Å². The van der Waals surface area contributed by atoms with Gasteiger partial charge in [-0.05, 0) is 13.5 Å². The summed E-state index contributed by atoms with van der Waals surface area (Å²) >= 11 is 0. The smallest absolute Gasteiger partial charge is 0.293 e. The van der Waals surface area contributed by atoms with Crippen LogP contribution in [0.15, 0.2) is 0 Å². The summed E-state index contributed by atoms with van der Waals surface area (Å²) < 4.78 is 4.55. The molecular formula is C6H13NO3. The van der Waals surface area contributed by atoms with Gasteiger partial charge in [0.05, 0.1) is 0 Å². The van der Waals surface area contributed by atoms with Gasteiger partial charge in [0.25, 0.3) is 6.47 Å². The van der Waals surface area contributed by atoms with Gasteiger partial charge < -0.3 is 9.84 Å². The first-order valence-electron chi connectivity index (χ1n) is 3.20. The Hall–Kier alpha value is -0.610. The number of nitrogens with one attached hydrogen (secondary N) is 1. The third-order valence-corrected chi connectivity index (χ3v) is 1.28. The van der Waals surface area contributed by atoms with Gasteiger partial charge in [-0.25, -0.2) is 0 Å². The molecule has 2 atom stereocenters. The molecule has 60 valence electrons. The summed E-state index contributed by atoms with van der Waals surface area (Å²) in [6, 6.07) is 0. The third-order valence-electron chi connectivity index (χ3n) is 1.28. The lowest BCUT2D eigenvalue weighted by Gasteiger charge is -2.18. The maximum atomic E-state index is 9.83. The SMILES string of the molecule is CCC(OC=O)C(O)NC. The first kappa shape index (κ1) is 9.39. The van der Waals surface area contributed by atoms with Crippen molar-refractivity contribution in [2.45, 2.75) is 25.7 Å². The molecular weight excluding hydrogens is 134 g/mol. The summed E-state index contributed by atoms with van der Waals surface area (Å²) in [5.41, 5.74) is 0. The van der Waals surface area contributed by atoms with E-state index in [4.69, 9.17) is 5.11 Å². The molecule has 0 aliphatic heterocycles. The Labute approximate surface area is 60.2 Å². The number of aliphatic hydroxyl groups is 1. The minimum absolute atomic E-state index is 0.342. The van der Waals surface area contributed by atoms with Crippen LogP contribution in [-0.2, 0) is 9.53 Å². The molecule has 4 heteroatoms. The fourth-order valence-electron chi connectivity index (χ4n) is 0.651. The lowest BCUT2D eigenvalue weighted by atomic mass is 10.2. The van der Waals surface area contributed by atoms with Crippen LogP contribution in [0.3, 0.4) is 0 Å². The van der Waals surface area contributed by atoms with Gasteiger partial charge in [-0.15, -0.1) is 0 Å². The lowest BCUT2D eigenvalue weighted by molar-refractivity contribution is -0.140. The topological polar surface area (TPSA) is 58.6 Å². The molecule has 0 aromatic heterocycles. The molecule has 0 radical (unpaired) electrons. The quantitative estimate of drug-likeness (QED) is 0.405. The Bertz CT molecular complexity index is 97.0. The fraction of sp³-hybridized carbons (Fsp3) is 0.833. The summed E-state index contributed by atoms with van der Waals surface area (Å²) in [5.74, 6) is 0. The number of likely N-dealkylation sites (N-methyl/N-ethyl adjacent to an activating group) is 1. The average molecular weight is 147 g/mol. The molecule has 0 spiro atoms. The van der Waals surface area contributed by atoms with Crippen molar-refractivity contribution in [3.05, 3.63) is 0 Å². The summed E-state index contributed by atoms with van der Waals surface area (Å²) in [6.45, 7) is 2.17. The second-order valence-electron chi connectivity index (χ2n) is 1.91. The largest absolute Gasteiger partial charge is 0.460 e. The zero-order valence-corrected chi connectivity index (χ0v) is 6.20. The van der Waals surface area contributed by atoms with E-state index in [9.17, 15) is 4.79 Å². The molecule has 0 amide bonds. The molecule has 2 unspecified atom stereocenters. The number of hydrogen-bond acceptors (Lipinski definition) is 4. The predicted molar refractivity (Wildman–Crippen MR) is 36.3 cm³/mol. The van der Waals surface area contributed by atoms with Gasteiger partial charge >= 0.3 is 0 Å². The van der Waals surface area contributed by atoms with Crippen LogP contribution >= 0.6 is 0 Å². The Kier molecular flexibility index (Phi) is 4.88. The first-order valence-corrected chi connectivity index (χ1v) is 3.20. The van der Waals surface area contributed by atoms with E-state index < -0.39 is 12.3 Å². The van der Waals surface area contributed by atoms with E-state index in [1.807, 2.05) is 6.92 Å². The Morgan fingerprint density at radius 3 is 2.70 bits per heavy atom. The molecule has 0 aliphatic rings. The second-order valence-corrected chi connectivity index (χ2v) is 1.91.